The molecule has 0 radical (unpaired) electrons. The van der Waals surface area contributed by atoms with Gasteiger partial charge >= 0.3 is 0 Å². The minimum Gasteiger partial charge on any atom is -0.441 e. The zero-order chi connectivity index (χ0) is 11.8. The first kappa shape index (κ1) is 11.6. The molecule has 1 aromatic carbocycles. The molecule has 0 spiro atoms. The monoisotopic (exact) mass is 281 g/mol. The number of oxazole rings is 1. The molecule has 3 heteroatoms. The number of hydrogen-bond donors (Lipinski definition) is 0. The van der Waals surface area contributed by atoms with Gasteiger partial charge in [0.2, 0.25) is 0 Å². The summed E-state index contributed by atoms with van der Waals surface area (Å²) in [6.07, 6.45) is 0.818. The number of hydrogen-bond acceptors (Lipinski definition) is 2. The van der Waals surface area contributed by atoms with Gasteiger partial charge in [-0.15, -0.1) is 0 Å². The van der Waals surface area contributed by atoms with E-state index in [1.807, 2.05) is 24.3 Å². The fourth-order valence-corrected chi connectivity index (χ4v) is 1.74. The molecule has 0 aliphatic carbocycles. The van der Waals surface area contributed by atoms with Gasteiger partial charge in [-0.2, -0.15) is 0 Å². The van der Waals surface area contributed by atoms with E-state index in [0.717, 1.165) is 23.4 Å². The van der Waals surface area contributed by atoms with Crippen LogP contribution in [0.4, 0.5) is 0 Å². The van der Waals surface area contributed by atoms with Crippen LogP contribution in [0.2, 0.25) is 0 Å². The van der Waals surface area contributed by atoms with Gasteiger partial charge in [0.15, 0.2) is 11.5 Å². The van der Waals surface area contributed by atoms with Crippen molar-refractivity contribution in [2.45, 2.75) is 32.0 Å². The minimum absolute atomic E-state index is 0.209. The SMILES string of the molecule is CC(C)(C)C(Br)Cc1nc2ccccc2o1. The van der Waals surface area contributed by atoms with E-state index in [-0.39, 0.29) is 5.41 Å². The van der Waals surface area contributed by atoms with Gasteiger partial charge in [-0.25, -0.2) is 4.98 Å². The molecule has 0 aliphatic heterocycles. The fraction of sp³-hybridized carbons (Fsp3) is 0.462. The van der Waals surface area contributed by atoms with Crippen LogP contribution in [0.1, 0.15) is 26.7 Å². The lowest BCUT2D eigenvalue weighted by Gasteiger charge is -2.24. The Balaban J connectivity index is 2.22. The van der Waals surface area contributed by atoms with E-state index < -0.39 is 0 Å². The highest BCUT2D eigenvalue weighted by Crippen LogP contribution is 2.29. The third-order valence-corrected chi connectivity index (χ3v) is 4.33. The lowest BCUT2D eigenvalue weighted by molar-refractivity contribution is 0.377. The molecule has 0 amide bonds. The molecule has 0 N–H and O–H groups in total. The van der Waals surface area contributed by atoms with Crippen LogP contribution in [-0.2, 0) is 6.42 Å². The van der Waals surface area contributed by atoms with Crippen LogP contribution in [0.3, 0.4) is 0 Å². The lowest BCUT2D eigenvalue weighted by atomic mass is 9.90. The Morgan fingerprint density at radius 3 is 2.62 bits per heavy atom. The van der Waals surface area contributed by atoms with E-state index in [2.05, 4.69) is 41.7 Å². The second-order valence-electron chi connectivity index (χ2n) is 5.11. The third kappa shape index (κ3) is 2.46. The van der Waals surface area contributed by atoms with Crippen molar-refractivity contribution < 1.29 is 4.42 Å². The van der Waals surface area contributed by atoms with Crippen molar-refractivity contribution in [3.63, 3.8) is 0 Å². The number of alkyl halides is 1. The van der Waals surface area contributed by atoms with Crippen LogP contribution >= 0.6 is 15.9 Å². The molecule has 2 aromatic rings. The van der Waals surface area contributed by atoms with Crippen LogP contribution in [0.15, 0.2) is 28.7 Å². The predicted molar refractivity (Wildman–Crippen MR) is 69.9 cm³/mol. The van der Waals surface area contributed by atoms with Crippen molar-refractivity contribution in [1.82, 2.24) is 4.98 Å². The zero-order valence-electron chi connectivity index (χ0n) is 9.83. The standard InChI is InChI=1S/C13H16BrNO/c1-13(2,3)11(14)8-12-15-9-6-4-5-7-10(9)16-12/h4-7,11H,8H2,1-3H3. The molecule has 1 heterocycles. The molecule has 0 saturated carbocycles. The number of para-hydroxylation sites is 2. The van der Waals surface area contributed by atoms with Crippen molar-refractivity contribution in [3.8, 4) is 0 Å². The van der Waals surface area contributed by atoms with Crippen molar-refractivity contribution in [2.75, 3.05) is 0 Å². The highest BCUT2D eigenvalue weighted by Gasteiger charge is 2.23. The maximum absolute atomic E-state index is 5.69. The van der Waals surface area contributed by atoms with Gasteiger partial charge in [0.1, 0.15) is 5.52 Å². The zero-order valence-corrected chi connectivity index (χ0v) is 11.4. The molecule has 1 unspecified atom stereocenters. The lowest BCUT2D eigenvalue weighted by Crippen LogP contribution is -2.22. The Hall–Kier alpha value is -0.830. The summed E-state index contributed by atoms with van der Waals surface area (Å²) in [4.78, 5) is 4.84. The molecular weight excluding hydrogens is 266 g/mol. The topological polar surface area (TPSA) is 26.0 Å². The maximum atomic E-state index is 5.69. The van der Waals surface area contributed by atoms with E-state index in [0.29, 0.717) is 4.83 Å². The van der Waals surface area contributed by atoms with Gasteiger partial charge < -0.3 is 4.42 Å². The van der Waals surface area contributed by atoms with Crippen LogP contribution in [-0.4, -0.2) is 9.81 Å². The minimum atomic E-state index is 0.209. The summed E-state index contributed by atoms with van der Waals surface area (Å²) in [7, 11) is 0. The first-order chi connectivity index (χ1) is 7.47. The van der Waals surface area contributed by atoms with Crippen molar-refractivity contribution in [2.24, 2.45) is 5.41 Å². The van der Waals surface area contributed by atoms with Crippen LogP contribution in [0.5, 0.6) is 0 Å². The molecule has 1 atom stereocenters. The predicted octanol–water partition coefficient (Wildman–Crippen LogP) is 4.18. The summed E-state index contributed by atoms with van der Waals surface area (Å²) in [5.41, 5.74) is 2.01. The number of nitrogens with zero attached hydrogens (tertiary/aromatic N) is 1. The Bertz CT molecular complexity index is 451. The molecule has 0 fully saturated rings. The summed E-state index contributed by atoms with van der Waals surface area (Å²) < 4.78 is 5.69. The molecule has 86 valence electrons. The molecule has 2 nitrogen and oxygen atoms in total. The Morgan fingerprint density at radius 2 is 2.00 bits per heavy atom. The molecule has 0 saturated heterocycles. The first-order valence-electron chi connectivity index (χ1n) is 5.45. The van der Waals surface area contributed by atoms with Crippen molar-refractivity contribution in [1.29, 1.82) is 0 Å². The number of aromatic nitrogens is 1. The van der Waals surface area contributed by atoms with Gasteiger partial charge in [-0.1, -0.05) is 48.8 Å². The van der Waals surface area contributed by atoms with Gasteiger partial charge in [-0.3, -0.25) is 0 Å². The Morgan fingerprint density at radius 1 is 1.31 bits per heavy atom. The van der Waals surface area contributed by atoms with Gasteiger partial charge in [0.05, 0.1) is 0 Å². The average molecular weight is 282 g/mol. The maximum Gasteiger partial charge on any atom is 0.196 e. The smallest absolute Gasteiger partial charge is 0.196 e. The second-order valence-corrected chi connectivity index (χ2v) is 6.22. The number of halogens is 1. The van der Waals surface area contributed by atoms with E-state index in [9.17, 15) is 0 Å². The summed E-state index contributed by atoms with van der Waals surface area (Å²) in [6, 6.07) is 7.87. The molecule has 0 bridgehead atoms. The average Bonchev–Trinajstić information content (AvgIpc) is 2.58. The second kappa shape index (κ2) is 4.21. The molecule has 2 rings (SSSR count). The van der Waals surface area contributed by atoms with Crippen LogP contribution in [0, 0.1) is 5.41 Å². The third-order valence-electron chi connectivity index (χ3n) is 2.63. The quantitative estimate of drug-likeness (QED) is 0.772. The summed E-state index contributed by atoms with van der Waals surface area (Å²) in [5, 5.41) is 0. The largest absolute Gasteiger partial charge is 0.441 e. The fourth-order valence-electron chi connectivity index (χ4n) is 1.47. The summed E-state index contributed by atoms with van der Waals surface area (Å²) >= 11 is 3.69. The Labute approximate surface area is 104 Å². The van der Waals surface area contributed by atoms with E-state index >= 15 is 0 Å². The normalized spacial score (nSPS) is 14.2. The van der Waals surface area contributed by atoms with Crippen LogP contribution < -0.4 is 0 Å². The molecule has 0 aliphatic rings. The van der Waals surface area contributed by atoms with Gasteiger partial charge in [0.25, 0.3) is 0 Å². The van der Waals surface area contributed by atoms with Crippen LogP contribution in [0.25, 0.3) is 11.1 Å². The highest BCUT2D eigenvalue weighted by molar-refractivity contribution is 9.09. The van der Waals surface area contributed by atoms with Crippen molar-refractivity contribution >= 4 is 27.0 Å². The number of rotatable bonds is 2. The summed E-state index contributed by atoms with van der Waals surface area (Å²) in [6.45, 7) is 6.61. The Kier molecular flexibility index (Phi) is 3.06. The summed E-state index contributed by atoms with van der Waals surface area (Å²) in [5.74, 6) is 0.804. The van der Waals surface area contributed by atoms with E-state index in [1.54, 1.807) is 0 Å². The van der Waals surface area contributed by atoms with E-state index in [1.165, 1.54) is 0 Å². The molecular formula is C13H16BrNO. The first-order valence-corrected chi connectivity index (χ1v) is 6.37. The van der Waals surface area contributed by atoms with Gasteiger partial charge in [-0.05, 0) is 17.5 Å². The highest BCUT2D eigenvalue weighted by atomic mass is 79.9. The molecule has 1 aromatic heterocycles. The van der Waals surface area contributed by atoms with Crippen molar-refractivity contribution in [3.05, 3.63) is 30.2 Å². The number of benzene rings is 1. The van der Waals surface area contributed by atoms with E-state index in [4.69, 9.17) is 4.42 Å². The molecule has 16 heavy (non-hydrogen) atoms. The van der Waals surface area contributed by atoms with Gasteiger partial charge in [0, 0.05) is 11.2 Å². The number of fused-ring (bicyclic) bond motifs is 1.